The zero-order valence-corrected chi connectivity index (χ0v) is 20.7. The lowest BCUT2D eigenvalue weighted by Gasteiger charge is -2.22. The highest BCUT2D eigenvalue weighted by Gasteiger charge is 2.33. The summed E-state index contributed by atoms with van der Waals surface area (Å²) in [6.07, 6.45) is 2.68. The largest absolute Gasteiger partial charge is 0.452 e. The number of aromatic nitrogens is 2. The van der Waals surface area contributed by atoms with Gasteiger partial charge in [-0.3, -0.25) is 14.5 Å². The van der Waals surface area contributed by atoms with Gasteiger partial charge < -0.3 is 9.47 Å². The van der Waals surface area contributed by atoms with E-state index in [0.717, 1.165) is 24.0 Å². The van der Waals surface area contributed by atoms with Crippen molar-refractivity contribution in [2.45, 2.75) is 59.2 Å². The fourth-order valence-electron chi connectivity index (χ4n) is 3.44. The van der Waals surface area contributed by atoms with Crippen LogP contribution in [0.15, 0.2) is 29.3 Å². The van der Waals surface area contributed by atoms with Crippen LogP contribution in [-0.4, -0.2) is 35.3 Å². The molecular weight excluding hydrogens is 426 g/mol. The number of carbonyl (C=O) groups excluding carboxylic acids is 1. The Hall–Kier alpha value is -2.60. The second-order valence-electron chi connectivity index (χ2n) is 9.23. The van der Waals surface area contributed by atoms with Gasteiger partial charge in [0.05, 0.1) is 16.6 Å². The van der Waals surface area contributed by atoms with Crippen LogP contribution < -0.4 is 0 Å². The molecule has 1 aromatic carbocycles. The molecule has 7 heteroatoms. The lowest BCUT2D eigenvalue weighted by Crippen LogP contribution is -2.20. The van der Waals surface area contributed by atoms with Gasteiger partial charge in [-0.05, 0) is 36.3 Å². The Balaban J connectivity index is 2.10. The maximum atomic E-state index is 12.2. The van der Waals surface area contributed by atoms with E-state index in [0.29, 0.717) is 22.2 Å². The molecule has 1 unspecified atom stereocenters. The standard InChI is InChI=1S/C25H32ClN3O3/c1-15-21(26)22(29(7)28-15)23(31-16(2)32-24(30)18-8-9-18)20(14-27-6)17-10-12-19(13-11-17)25(3,4)5/h10-14,16,18H,8-9H2,1-7H3/b23-20-,27-14-. The Bertz CT molecular complexity index is 1040. The molecule has 0 amide bonds. The molecule has 6 nitrogen and oxygen atoms in total. The average Bonchev–Trinajstić information content (AvgIpc) is 3.52. The molecule has 2 aromatic rings. The van der Waals surface area contributed by atoms with Crippen LogP contribution in [0.4, 0.5) is 0 Å². The number of nitrogens with zero attached hydrogens (tertiary/aromatic N) is 3. The first-order chi connectivity index (χ1) is 15.0. The summed E-state index contributed by atoms with van der Waals surface area (Å²) in [7, 11) is 3.51. The first-order valence-electron chi connectivity index (χ1n) is 10.9. The van der Waals surface area contributed by atoms with Gasteiger partial charge in [0, 0.05) is 32.8 Å². The molecule has 0 bridgehead atoms. The van der Waals surface area contributed by atoms with Crippen LogP contribution in [0.1, 0.15) is 63.1 Å². The van der Waals surface area contributed by atoms with Gasteiger partial charge in [0.2, 0.25) is 6.29 Å². The van der Waals surface area contributed by atoms with Gasteiger partial charge in [-0.1, -0.05) is 56.6 Å². The summed E-state index contributed by atoms with van der Waals surface area (Å²) >= 11 is 6.63. The van der Waals surface area contributed by atoms with Crippen molar-refractivity contribution in [1.29, 1.82) is 0 Å². The van der Waals surface area contributed by atoms with Crippen molar-refractivity contribution < 1.29 is 14.3 Å². The Labute approximate surface area is 195 Å². The lowest BCUT2D eigenvalue weighted by atomic mass is 9.86. The van der Waals surface area contributed by atoms with Gasteiger partial charge in [0.25, 0.3) is 0 Å². The quantitative estimate of drug-likeness (QED) is 0.236. The molecule has 1 saturated carbocycles. The molecule has 172 valence electrons. The molecule has 32 heavy (non-hydrogen) atoms. The molecule has 3 rings (SSSR count). The topological polar surface area (TPSA) is 65.7 Å². The molecule has 1 aliphatic rings. The van der Waals surface area contributed by atoms with Crippen LogP contribution >= 0.6 is 11.6 Å². The summed E-state index contributed by atoms with van der Waals surface area (Å²) in [6, 6.07) is 8.28. The molecule has 0 radical (unpaired) electrons. The number of halogens is 1. The van der Waals surface area contributed by atoms with Crippen molar-refractivity contribution in [3.05, 3.63) is 51.8 Å². The second kappa shape index (κ2) is 9.49. The first kappa shape index (κ1) is 24.1. The Morgan fingerprint density at radius 2 is 1.88 bits per heavy atom. The van der Waals surface area contributed by atoms with Crippen molar-refractivity contribution in [3.8, 4) is 0 Å². The molecule has 1 aromatic heterocycles. The highest BCUT2D eigenvalue weighted by atomic mass is 35.5. The Morgan fingerprint density at radius 1 is 1.25 bits per heavy atom. The van der Waals surface area contributed by atoms with Gasteiger partial charge >= 0.3 is 5.97 Å². The first-order valence-corrected chi connectivity index (χ1v) is 11.2. The number of aliphatic imine (C=N–C) groups is 1. The number of aryl methyl sites for hydroxylation is 2. The summed E-state index contributed by atoms with van der Waals surface area (Å²) in [4.78, 5) is 16.4. The fourth-order valence-corrected chi connectivity index (χ4v) is 3.68. The van der Waals surface area contributed by atoms with E-state index in [2.05, 4.69) is 43.0 Å². The number of rotatable bonds is 7. The minimum atomic E-state index is -0.793. The zero-order chi connectivity index (χ0) is 23.6. The maximum absolute atomic E-state index is 12.2. The number of carbonyl (C=O) groups is 1. The van der Waals surface area contributed by atoms with Gasteiger partial charge in [-0.25, -0.2) is 0 Å². The summed E-state index contributed by atoms with van der Waals surface area (Å²) in [5.74, 6) is 0.213. The molecule has 1 aliphatic carbocycles. The summed E-state index contributed by atoms with van der Waals surface area (Å²) in [5.41, 5.74) is 4.19. The predicted octanol–water partition coefficient (Wildman–Crippen LogP) is 5.56. The van der Waals surface area contributed by atoms with Crippen LogP contribution in [0.5, 0.6) is 0 Å². The number of hydrogen-bond acceptors (Lipinski definition) is 5. The summed E-state index contributed by atoms with van der Waals surface area (Å²) in [5, 5.41) is 4.92. The van der Waals surface area contributed by atoms with E-state index in [4.69, 9.17) is 21.1 Å². The number of benzene rings is 1. The fraction of sp³-hybridized carbons (Fsp3) is 0.480. The third-order valence-electron chi connectivity index (χ3n) is 5.41. The number of ether oxygens (including phenoxy) is 2. The number of allylic oxidation sites excluding steroid dienone is 1. The number of esters is 1. The van der Waals surface area contributed by atoms with Crippen LogP contribution in [0, 0.1) is 12.8 Å². The van der Waals surface area contributed by atoms with Crippen molar-refractivity contribution in [3.63, 3.8) is 0 Å². The average molecular weight is 458 g/mol. The maximum Gasteiger partial charge on any atom is 0.311 e. The zero-order valence-electron chi connectivity index (χ0n) is 19.9. The summed E-state index contributed by atoms with van der Waals surface area (Å²) < 4.78 is 13.4. The normalized spacial score (nSPS) is 16.1. The minimum absolute atomic E-state index is 0.0161. The van der Waals surface area contributed by atoms with Crippen LogP contribution in [0.2, 0.25) is 5.02 Å². The molecular formula is C25H32ClN3O3. The van der Waals surface area contributed by atoms with E-state index in [-0.39, 0.29) is 17.3 Å². The monoisotopic (exact) mass is 457 g/mol. The second-order valence-corrected chi connectivity index (χ2v) is 9.60. The summed E-state index contributed by atoms with van der Waals surface area (Å²) in [6.45, 7) is 10.1. The van der Waals surface area contributed by atoms with Gasteiger partial charge in [0.15, 0.2) is 5.76 Å². The van der Waals surface area contributed by atoms with Crippen LogP contribution in [0.25, 0.3) is 11.3 Å². The Morgan fingerprint density at radius 3 is 2.34 bits per heavy atom. The molecule has 0 spiro atoms. The van der Waals surface area contributed by atoms with Crippen molar-refractivity contribution in [1.82, 2.24) is 9.78 Å². The van der Waals surface area contributed by atoms with E-state index in [1.165, 1.54) is 5.56 Å². The minimum Gasteiger partial charge on any atom is -0.452 e. The highest BCUT2D eigenvalue weighted by molar-refractivity contribution is 6.33. The van der Waals surface area contributed by atoms with Gasteiger partial charge in [-0.15, -0.1) is 0 Å². The van der Waals surface area contributed by atoms with Crippen molar-refractivity contribution in [2.75, 3.05) is 7.05 Å². The number of hydrogen-bond donors (Lipinski definition) is 0. The van der Waals surface area contributed by atoms with E-state index < -0.39 is 6.29 Å². The predicted molar refractivity (Wildman–Crippen MR) is 129 cm³/mol. The van der Waals surface area contributed by atoms with E-state index in [1.54, 1.807) is 24.9 Å². The molecule has 1 atom stereocenters. The van der Waals surface area contributed by atoms with E-state index >= 15 is 0 Å². The lowest BCUT2D eigenvalue weighted by molar-refractivity contribution is -0.165. The smallest absolute Gasteiger partial charge is 0.311 e. The van der Waals surface area contributed by atoms with Crippen LogP contribution in [0.3, 0.4) is 0 Å². The van der Waals surface area contributed by atoms with E-state index in [1.807, 2.05) is 26.1 Å². The van der Waals surface area contributed by atoms with Crippen molar-refractivity contribution >= 4 is 35.1 Å². The molecule has 0 N–H and O–H groups in total. The van der Waals surface area contributed by atoms with Crippen LogP contribution in [-0.2, 0) is 26.7 Å². The molecule has 0 saturated heterocycles. The molecule has 0 aliphatic heterocycles. The van der Waals surface area contributed by atoms with E-state index in [9.17, 15) is 4.79 Å². The third-order valence-corrected chi connectivity index (χ3v) is 5.86. The molecule has 1 fully saturated rings. The van der Waals surface area contributed by atoms with Crippen molar-refractivity contribution in [2.24, 2.45) is 18.0 Å². The van der Waals surface area contributed by atoms with Gasteiger partial charge in [-0.2, -0.15) is 5.10 Å². The SMILES string of the molecule is C/N=C\C(=C(\OC(C)OC(=O)C1CC1)c1c(Cl)c(C)nn1C)c1ccc(C(C)(C)C)cc1. The molecule has 1 heterocycles. The van der Waals surface area contributed by atoms with Gasteiger partial charge in [0.1, 0.15) is 5.69 Å². The third kappa shape index (κ3) is 5.41. The Kier molecular flexibility index (Phi) is 7.13. The highest BCUT2D eigenvalue weighted by Crippen LogP contribution is 2.35.